The summed E-state index contributed by atoms with van der Waals surface area (Å²) in [6.07, 6.45) is 6.03. The maximum absolute atomic E-state index is 12.7. The van der Waals surface area contributed by atoms with Crippen LogP contribution in [0.3, 0.4) is 0 Å². The topological polar surface area (TPSA) is 68.1 Å². The summed E-state index contributed by atoms with van der Waals surface area (Å²) in [6.45, 7) is 3.10. The maximum atomic E-state index is 12.7. The summed E-state index contributed by atoms with van der Waals surface area (Å²) in [6, 6.07) is 1.76. The highest BCUT2D eigenvalue weighted by atomic mass is 32.1. The van der Waals surface area contributed by atoms with E-state index in [-0.39, 0.29) is 17.5 Å². The molecule has 7 heteroatoms. The number of likely N-dealkylation sites (tertiary alicyclic amines) is 1. The summed E-state index contributed by atoms with van der Waals surface area (Å²) >= 11 is 1.49. The van der Waals surface area contributed by atoms with Crippen molar-refractivity contribution in [2.24, 2.45) is 0 Å². The third-order valence-electron chi connectivity index (χ3n) is 5.13. The Balaban J connectivity index is 1.55. The number of rotatable bonds is 3. The van der Waals surface area contributed by atoms with E-state index in [1.165, 1.54) is 11.3 Å². The minimum atomic E-state index is -0.0514. The number of aryl methyl sites for hydroxylation is 3. The molecule has 1 atom stereocenters. The van der Waals surface area contributed by atoms with Gasteiger partial charge in [-0.15, -0.1) is 11.3 Å². The van der Waals surface area contributed by atoms with Crippen LogP contribution in [-0.2, 0) is 19.4 Å². The van der Waals surface area contributed by atoms with Crippen LogP contribution in [0.15, 0.2) is 16.2 Å². The normalized spacial score (nSPS) is 19.9. The zero-order valence-corrected chi connectivity index (χ0v) is 15.2. The Morgan fingerprint density at radius 3 is 2.96 bits per heavy atom. The third-order valence-corrected chi connectivity index (χ3v) is 5.91. The van der Waals surface area contributed by atoms with Crippen molar-refractivity contribution in [2.75, 3.05) is 6.54 Å². The van der Waals surface area contributed by atoms with E-state index in [0.29, 0.717) is 12.2 Å². The molecular weight excluding hydrogens is 336 g/mol. The van der Waals surface area contributed by atoms with Crippen LogP contribution in [0.5, 0.6) is 0 Å². The van der Waals surface area contributed by atoms with E-state index in [9.17, 15) is 9.59 Å². The van der Waals surface area contributed by atoms with Crippen molar-refractivity contribution in [3.05, 3.63) is 43.8 Å². The van der Waals surface area contributed by atoms with E-state index < -0.39 is 0 Å². The lowest BCUT2D eigenvalue weighted by Crippen LogP contribution is -2.41. The summed E-state index contributed by atoms with van der Waals surface area (Å²) in [7, 11) is 0. The van der Waals surface area contributed by atoms with Gasteiger partial charge >= 0.3 is 0 Å². The van der Waals surface area contributed by atoms with Gasteiger partial charge in [-0.05, 0) is 51.0 Å². The van der Waals surface area contributed by atoms with Crippen molar-refractivity contribution >= 4 is 17.2 Å². The van der Waals surface area contributed by atoms with Gasteiger partial charge < -0.3 is 4.90 Å². The zero-order chi connectivity index (χ0) is 17.4. The number of carbonyl (C=O) groups excluding carboxylic acids is 1. The molecule has 6 nitrogen and oxygen atoms in total. The van der Waals surface area contributed by atoms with Crippen molar-refractivity contribution in [1.82, 2.24) is 19.7 Å². The number of hydrogen-bond acceptors (Lipinski definition) is 5. The number of nitrogens with zero attached hydrogens (tertiary/aromatic N) is 4. The van der Waals surface area contributed by atoms with Crippen LogP contribution in [0, 0.1) is 6.92 Å². The molecule has 1 fully saturated rings. The van der Waals surface area contributed by atoms with E-state index in [4.69, 9.17) is 0 Å². The molecule has 3 heterocycles. The van der Waals surface area contributed by atoms with Gasteiger partial charge in [-0.25, -0.2) is 9.67 Å². The molecule has 2 aromatic heterocycles. The predicted molar refractivity (Wildman–Crippen MR) is 96.0 cm³/mol. The average molecular weight is 358 g/mol. The molecule has 1 amide bonds. The van der Waals surface area contributed by atoms with Gasteiger partial charge in [0.15, 0.2) is 0 Å². The monoisotopic (exact) mass is 358 g/mol. The summed E-state index contributed by atoms with van der Waals surface area (Å²) in [5, 5.41) is 7.31. The second-order valence-electron chi connectivity index (χ2n) is 6.89. The fraction of sp³-hybridized carbons (Fsp3) is 0.556. The highest BCUT2D eigenvalue weighted by Gasteiger charge is 2.31. The molecule has 0 N–H and O–H groups in total. The molecule has 0 radical (unpaired) electrons. The summed E-state index contributed by atoms with van der Waals surface area (Å²) in [5.74, 6) is -0.0298. The Kier molecular flexibility index (Phi) is 4.41. The molecule has 0 saturated carbocycles. The number of fused-ring (bicyclic) bond motifs is 1. The van der Waals surface area contributed by atoms with Gasteiger partial charge in [-0.2, -0.15) is 5.10 Å². The Labute approximate surface area is 150 Å². The Hall–Kier alpha value is -2.02. The van der Waals surface area contributed by atoms with Crippen LogP contribution in [0.2, 0.25) is 0 Å². The molecule has 1 aliphatic carbocycles. The lowest BCUT2D eigenvalue weighted by atomic mass is 9.97. The van der Waals surface area contributed by atoms with Gasteiger partial charge in [0.05, 0.1) is 23.3 Å². The van der Waals surface area contributed by atoms with Gasteiger partial charge in [0.2, 0.25) is 0 Å². The molecule has 1 unspecified atom stereocenters. The molecule has 1 saturated heterocycles. The molecule has 2 aromatic rings. The second-order valence-corrected chi connectivity index (χ2v) is 7.95. The Morgan fingerprint density at radius 2 is 2.16 bits per heavy atom. The lowest BCUT2D eigenvalue weighted by molar-refractivity contribution is 0.0715. The van der Waals surface area contributed by atoms with Crippen LogP contribution >= 0.6 is 11.3 Å². The molecule has 25 heavy (non-hydrogen) atoms. The van der Waals surface area contributed by atoms with Crippen LogP contribution < -0.4 is 5.56 Å². The standard InChI is InChI=1S/C18H22N4O2S/c1-12-19-16(11-25-12)18(24)21-8-4-6-14(21)10-22-17(23)9-13-5-2-3-7-15(13)20-22/h9,11,14H,2-8,10H2,1H3. The number of amides is 1. The first-order valence-electron chi connectivity index (χ1n) is 8.95. The zero-order valence-electron chi connectivity index (χ0n) is 14.4. The fourth-order valence-corrected chi connectivity index (χ4v) is 4.42. The molecule has 4 rings (SSSR count). The minimum absolute atomic E-state index is 0.0151. The molecule has 132 valence electrons. The van der Waals surface area contributed by atoms with E-state index >= 15 is 0 Å². The van der Waals surface area contributed by atoms with Crippen LogP contribution in [-0.4, -0.2) is 38.2 Å². The lowest BCUT2D eigenvalue weighted by Gasteiger charge is -2.25. The van der Waals surface area contributed by atoms with E-state index in [1.54, 1.807) is 10.7 Å². The van der Waals surface area contributed by atoms with E-state index in [2.05, 4.69) is 10.1 Å². The second kappa shape index (κ2) is 6.71. The van der Waals surface area contributed by atoms with Crippen molar-refractivity contribution in [3.8, 4) is 0 Å². The minimum Gasteiger partial charge on any atom is -0.332 e. The summed E-state index contributed by atoms with van der Waals surface area (Å²) < 4.78 is 1.56. The van der Waals surface area contributed by atoms with Gasteiger partial charge in [-0.3, -0.25) is 9.59 Å². The van der Waals surface area contributed by atoms with Crippen molar-refractivity contribution in [3.63, 3.8) is 0 Å². The first-order chi connectivity index (χ1) is 12.1. The largest absolute Gasteiger partial charge is 0.332 e. The molecular formula is C18H22N4O2S. The smallest absolute Gasteiger partial charge is 0.273 e. The van der Waals surface area contributed by atoms with Gasteiger partial charge in [-0.1, -0.05) is 0 Å². The summed E-state index contributed by atoms with van der Waals surface area (Å²) in [4.78, 5) is 31.3. The van der Waals surface area contributed by atoms with E-state index in [0.717, 1.165) is 61.3 Å². The third kappa shape index (κ3) is 3.25. The SMILES string of the molecule is Cc1nc(C(=O)N2CCCC2Cn2nc3c(cc2=O)CCCC3)cs1. The quantitative estimate of drug-likeness (QED) is 0.843. The average Bonchev–Trinajstić information content (AvgIpc) is 3.24. The van der Waals surface area contributed by atoms with Crippen molar-refractivity contribution < 1.29 is 4.79 Å². The van der Waals surface area contributed by atoms with Gasteiger partial charge in [0.1, 0.15) is 5.69 Å². The Bertz CT molecular complexity index is 857. The van der Waals surface area contributed by atoms with Crippen LogP contribution in [0.4, 0.5) is 0 Å². The van der Waals surface area contributed by atoms with Crippen molar-refractivity contribution in [2.45, 2.75) is 58.0 Å². The molecule has 0 spiro atoms. The molecule has 0 aromatic carbocycles. The number of thiazole rings is 1. The highest BCUT2D eigenvalue weighted by Crippen LogP contribution is 2.22. The van der Waals surface area contributed by atoms with Gasteiger partial charge in [0, 0.05) is 18.0 Å². The fourth-order valence-electron chi connectivity index (χ4n) is 3.83. The van der Waals surface area contributed by atoms with E-state index in [1.807, 2.05) is 17.2 Å². The maximum Gasteiger partial charge on any atom is 0.273 e. The molecule has 0 bridgehead atoms. The Morgan fingerprint density at radius 1 is 1.32 bits per heavy atom. The van der Waals surface area contributed by atoms with Crippen LogP contribution in [0.25, 0.3) is 0 Å². The number of aromatic nitrogens is 3. The number of carbonyl (C=O) groups is 1. The predicted octanol–water partition coefficient (Wildman–Crippen LogP) is 2.19. The van der Waals surface area contributed by atoms with Gasteiger partial charge in [0.25, 0.3) is 11.5 Å². The first kappa shape index (κ1) is 16.4. The highest BCUT2D eigenvalue weighted by molar-refractivity contribution is 7.09. The van der Waals surface area contributed by atoms with Crippen molar-refractivity contribution in [1.29, 1.82) is 0 Å². The summed E-state index contributed by atoms with van der Waals surface area (Å²) in [5.41, 5.74) is 2.62. The number of hydrogen-bond donors (Lipinski definition) is 0. The molecule has 2 aliphatic rings. The first-order valence-corrected chi connectivity index (χ1v) is 9.83. The van der Waals surface area contributed by atoms with Crippen LogP contribution in [0.1, 0.15) is 52.4 Å². The molecule has 1 aliphatic heterocycles.